The fourth-order valence-corrected chi connectivity index (χ4v) is 3.19. The van der Waals surface area contributed by atoms with E-state index in [-0.39, 0.29) is 11.6 Å². The molecule has 8 nitrogen and oxygen atoms in total. The first-order chi connectivity index (χ1) is 15.0. The van der Waals surface area contributed by atoms with Crippen LogP contribution in [0.1, 0.15) is 16.1 Å². The maximum atomic E-state index is 12.6. The molecule has 2 aromatic carbocycles. The van der Waals surface area contributed by atoms with Crippen LogP contribution < -0.4 is 5.43 Å². The Bertz CT molecular complexity index is 1280. The summed E-state index contributed by atoms with van der Waals surface area (Å²) in [5.74, 6) is 0.310. The average Bonchev–Trinajstić information content (AvgIpc) is 3.46. The third kappa shape index (κ3) is 4.39. The summed E-state index contributed by atoms with van der Waals surface area (Å²) in [7, 11) is 0. The summed E-state index contributed by atoms with van der Waals surface area (Å²) in [5.41, 5.74) is 3.95. The van der Waals surface area contributed by atoms with Gasteiger partial charge in [-0.3, -0.25) is 14.9 Å². The number of non-ortho nitro benzene ring substituents is 1. The van der Waals surface area contributed by atoms with Crippen LogP contribution in [-0.2, 0) is 0 Å². The predicted molar refractivity (Wildman–Crippen MR) is 117 cm³/mol. The van der Waals surface area contributed by atoms with E-state index < -0.39 is 4.92 Å². The van der Waals surface area contributed by atoms with Crippen LogP contribution in [0.3, 0.4) is 0 Å². The summed E-state index contributed by atoms with van der Waals surface area (Å²) in [6, 6.07) is 18.2. The van der Waals surface area contributed by atoms with Crippen LogP contribution in [0, 0.1) is 10.1 Å². The van der Waals surface area contributed by atoms with Gasteiger partial charge in [-0.05, 0) is 42.5 Å². The Hall–Kier alpha value is -4.17. The van der Waals surface area contributed by atoms with Crippen molar-refractivity contribution in [3.63, 3.8) is 0 Å². The number of aromatic nitrogens is 1. The Morgan fingerprint density at radius 3 is 2.65 bits per heavy atom. The number of carbonyl (C=O) groups is 1. The molecule has 4 rings (SSSR count). The van der Waals surface area contributed by atoms with Crippen molar-refractivity contribution in [2.75, 3.05) is 0 Å². The topological polar surface area (TPSA) is 103 Å². The molecule has 0 spiro atoms. The van der Waals surface area contributed by atoms with Gasteiger partial charge in [-0.15, -0.1) is 0 Å². The lowest BCUT2D eigenvalue weighted by Crippen LogP contribution is -2.19. The number of furan rings is 1. The van der Waals surface area contributed by atoms with Crippen molar-refractivity contribution in [1.29, 1.82) is 0 Å². The van der Waals surface area contributed by atoms with Crippen LogP contribution in [0.15, 0.2) is 88.6 Å². The van der Waals surface area contributed by atoms with E-state index >= 15 is 0 Å². The van der Waals surface area contributed by atoms with Gasteiger partial charge in [0, 0.05) is 30.1 Å². The van der Waals surface area contributed by atoms with Crippen LogP contribution >= 0.6 is 11.6 Å². The van der Waals surface area contributed by atoms with Gasteiger partial charge >= 0.3 is 0 Å². The molecule has 0 radical (unpaired) electrons. The van der Waals surface area contributed by atoms with Crippen molar-refractivity contribution in [3.05, 3.63) is 106 Å². The van der Waals surface area contributed by atoms with Gasteiger partial charge < -0.3 is 8.98 Å². The largest absolute Gasteiger partial charge is 0.455 e. The molecule has 0 aliphatic rings. The number of carbonyl (C=O) groups excluding carboxylic acids is 1. The first-order valence-electron chi connectivity index (χ1n) is 9.13. The van der Waals surface area contributed by atoms with Gasteiger partial charge in [-0.25, -0.2) is 5.43 Å². The van der Waals surface area contributed by atoms with Gasteiger partial charge in [-0.2, -0.15) is 5.10 Å². The first kappa shape index (κ1) is 20.1. The van der Waals surface area contributed by atoms with E-state index in [9.17, 15) is 14.9 Å². The number of nitrogens with zero attached hydrogens (tertiary/aromatic N) is 3. The molecule has 0 aliphatic carbocycles. The molecule has 31 heavy (non-hydrogen) atoms. The first-order valence-corrected chi connectivity index (χ1v) is 9.50. The number of nitro benzene ring substituents is 1. The highest BCUT2D eigenvalue weighted by molar-refractivity contribution is 6.33. The Morgan fingerprint density at radius 2 is 1.87 bits per heavy atom. The lowest BCUT2D eigenvalue weighted by molar-refractivity contribution is -0.384. The van der Waals surface area contributed by atoms with E-state index in [0.29, 0.717) is 27.7 Å². The van der Waals surface area contributed by atoms with Gasteiger partial charge in [0.15, 0.2) is 0 Å². The minimum atomic E-state index is -0.508. The van der Waals surface area contributed by atoms with Crippen molar-refractivity contribution in [1.82, 2.24) is 9.99 Å². The van der Waals surface area contributed by atoms with Crippen molar-refractivity contribution in [2.45, 2.75) is 0 Å². The lowest BCUT2D eigenvalue weighted by atomic mass is 10.1. The molecule has 0 atom stereocenters. The maximum absolute atomic E-state index is 12.6. The Balaban J connectivity index is 1.49. The van der Waals surface area contributed by atoms with E-state index in [0.717, 1.165) is 5.69 Å². The number of rotatable bonds is 6. The van der Waals surface area contributed by atoms with E-state index in [1.807, 2.05) is 41.2 Å². The quantitative estimate of drug-likeness (QED) is 0.260. The Kier molecular flexibility index (Phi) is 5.63. The second-order valence-electron chi connectivity index (χ2n) is 6.43. The highest BCUT2D eigenvalue weighted by Gasteiger charge is 2.14. The number of para-hydroxylation sites is 1. The third-order valence-corrected chi connectivity index (χ3v) is 4.77. The predicted octanol–water partition coefficient (Wildman–Crippen LogP) is 5.06. The summed E-state index contributed by atoms with van der Waals surface area (Å²) >= 11 is 6.14. The minimum absolute atomic E-state index is 0.0976. The molecule has 9 heteroatoms. The van der Waals surface area contributed by atoms with Crippen molar-refractivity contribution in [3.8, 4) is 17.0 Å². The number of benzene rings is 2. The standard InChI is InChI=1S/C22H15ClN4O4/c23-19-9-7-15(27(29)30)13-18(19)21-10-8-16(31-21)14-24-25-22(28)17-5-1-2-6-20(17)26-11-3-4-12-26/h1-14H,(H,25,28)/b24-14-. The smallest absolute Gasteiger partial charge is 0.273 e. The van der Waals surface area contributed by atoms with Gasteiger partial charge in [-0.1, -0.05) is 23.7 Å². The Labute approximate surface area is 181 Å². The molecule has 0 saturated heterocycles. The molecular weight excluding hydrogens is 420 g/mol. The molecular formula is C22H15ClN4O4. The molecule has 0 fully saturated rings. The summed E-state index contributed by atoms with van der Waals surface area (Å²) < 4.78 is 7.48. The molecule has 0 saturated carbocycles. The number of hydrazone groups is 1. The van der Waals surface area contributed by atoms with Crippen molar-refractivity contribution >= 4 is 29.4 Å². The monoisotopic (exact) mass is 434 g/mol. The zero-order valence-electron chi connectivity index (χ0n) is 15.9. The summed E-state index contributed by atoms with van der Waals surface area (Å²) in [6.07, 6.45) is 5.03. The molecule has 0 aliphatic heterocycles. The number of nitrogens with one attached hydrogen (secondary N) is 1. The molecule has 2 aromatic heterocycles. The van der Waals surface area contributed by atoms with Gasteiger partial charge in [0.1, 0.15) is 11.5 Å². The zero-order chi connectivity index (χ0) is 21.8. The van der Waals surface area contributed by atoms with Crippen LogP contribution in [0.4, 0.5) is 5.69 Å². The number of hydrogen-bond donors (Lipinski definition) is 1. The lowest BCUT2D eigenvalue weighted by Gasteiger charge is -2.08. The molecule has 4 aromatic rings. The summed E-state index contributed by atoms with van der Waals surface area (Å²) in [4.78, 5) is 23.1. The number of halogens is 1. The second-order valence-corrected chi connectivity index (χ2v) is 6.84. The minimum Gasteiger partial charge on any atom is -0.455 e. The maximum Gasteiger partial charge on any atom is 0.273 e. The molecule has 2 heterocycles. The number of hydrogen-bond acceptors (Lipinski definition) is 5. The van der Waals surface area contributed by atoms with Crippen molar-refractivity contribution in [2.24, 2.45) is 5.10 Å². The molecule has 0 unspecified atom stereocenters. The summed E-state index contributed by atoms with van der Waals surface area (Å²) in [6.45, 7) is 0. The normalized spacial score (nSPS) is 11.0. The fourth-order valence-electron chi connectivity index (χ4n) is 2.98. The number of nitro groups is 1. The average molecular weight is 435 g/mol. The van der Waals surface area contributed by atoms with Crippen molar-refractivity contribution < 1.29 is 14.1 Å². The third-order valence-electron chi connectivity index (χ3n) is 4.44. The van der Waals surface area contributed by atoms with Crippen LogP contribution in [0.25, 0.3) is 17.0 Å². The van der Waals surface area contributed by atoms with Gasteiger partial charge in [0.2, 0.25) is 0 Å². The van der Waals surface area contributed by atoms with Crippen LogP contribution in [0.2, 0.25) is 5.02 Å². The van der Waals surface area contributed by atoms with Gasteiger partial charge in [0.25, 0.3) is 11.6 Å². The van der Waals surface area contributed by atoms with E-state index in [1.165, 1.54) is 24.4 Å². The molecule has 1 amide bonds. The number of amides is 1. The molecule has 1 N–H and O–H groups in total. The summed E-state index contributed by atoms with van der Waals surface area (Å²) in [5, 5.41) is 15.3. The van der Waals surface area contributed by atoms with Gasteiger partial charge in [0.05, 0.1) is 27.4 Å². The van der Waals surface area contributed by atoms with E-state index in [4.69, 9.17) is 16.0 Å². The zero-order valence-corrected chi connectivity index (χ0v) is 16.7. The SMILES string of the molecule is O=C(N/N=C\c1ccc(-c2cc([N+](=O)[O-])ccc2Cl)o1)c1ccccc1-n1cccc1. The van der Waals surface area contributed by atoms with E-state index in [2.05, 4.69) is 10.5 Å². The molecule has 154 valence electrons. The fraction of sp³-hybridized carbons (Fsp3) is 0. The second kappa shape index (κ2) is 8.68. The van der Waals surface area contributed by atoms with E-state index in [1.54, 1.807) is 24.3 Å². The van der Waals surface area contributed by atoms with Crippen LogP contribution in [-0.4, -0.2) is 21.6 Å². The van der Waals surface area contributed by atoms with Crippen LogP contribution in [0.5, 0.6) is 0 Å². The highest BCUT2D eigenvalue weighted by Crippen LogP contribution is 2.32. The highest BCUT2D eigenvalue weighted by atomic mass is 35.5. The molecule has 0 bridgehead atoms. The Morgan fingerprint density at radius 1 is 1.10 bits per heavy atom.